The molecule has 0 radical (unpaired) electrons. The van der Waals surface area contributed by atoms with E-state index in [0.29, 0.717) is 47.4 Å². The van der Waals surface area contributed by atoms with Gasteiger partial charge in [-0.25, -0.2) is 4.39 Å². The highest BCUT2D eigenvalue weighted by molar-refractivity contribution is 7.13. The normalized spacial score (nSPS) is 18.0. The number of anilines is 1. The lowest BCUT2D eigenvalue weighted by Gasteiger charge is -2.32. The first kappa shape index (κ1) is 33.5. The number of aromatic nitrogens is 1. The van der Waals surface area contributed by atoms with Gasteiger partial charge >= 0.3 is 12.4 Å². The highest BCUT2D eigenvalue weighted by Gasteiger charge is 2.42. The van der Waals surface area contributed by atoms with E-state index in [2.05, 4.69) is 14.4 Å². The zero-order chi connectivity index (χ0) is 32.9. The van der Waals surface area contributed by atoms with Crippen molar-refractivity contribution >= 4 is 26.8 Å². The van der Waals surface area contributed by atoms with Crippen LogP contribution in [0.25, 0.3) is 11.1 Å². The van der Waals surface area contributed by atoms with Gasteiger partial charge in [0.05, 0.1) is 46.2 Å². The number of carbonyl (C=O) groups excluding carboxylic acids is 2. The minimum atomic E-state index is -5.08. The van der Waals surface area contributed by atoms with Gasteiger partial charge in [-0.2, -0.15) is 26.3 Å². The van der Waals surface area contributed by atoms with E-state index in [-0.39, 0.29) is 29.6 Å². The molecule has 1 aliphatic heterocycles. The third kappa shape index (κ3) is 6.52. The van der Waals surface area contributed by atoms with Gasteiger partial charge in [-0.15, -0.1) is 0 Å². The Morgan fingerprint density at radius 2 is 1.48 bits per heavy atom. The molecule has 1 amide bonds. The lowest BCUT2D eigenvalue weighted by Crippen LogP contribution is -2.42. The molecule has 4 rings (SSSR count). The highest BCUT2D eigenvalue weighted by atomic mass is 31.0. The molecule has 3 atom stereocenters. The van der Waals surface area contributed by atoms with Gasteiger partial charge in [-0.1, -0.05) is 15.5 Å². The van der Waals surface area contributed by atoms with Crippen LogP contribution in [0.5, 0.6) is 0 Å². The van der Waals surface area contributed by atoms with E-state index in [1.807, 2.05) is 4.67 Å². The number of alkyl halides is 6. The maximum Gasteiger partial charge on any atom is 0.416 e. The van der Waals surface area contributed by atoms with E-state index in [4.69, 9.17) is 0 Å². The van der Waals surface area contributed by atoms with Crippen LogP contribution in [0.3, 0.4) is 0 Å². The molecule has 0 N–H and O–H groups in total. The summed E-state index contributed by atoms with van der Waals surface area (Å²) in [5.74, 6) is -1.30. The first-order valence-electron chi connectivity index (χ1n) is 13.6. The second kappa shape index (κ2) is 11.9. The van der Waals surface area contributed by atoms with Gasteiger partial charge in [0.2, 0.25) is 5.91 Å². The van der Waals surface area contributed by atoms with Crippen LogP contribution >= 0.6 is 9.39 Å². The number of halogens is 7. The van der Waals surface area contributed by atoms with Crippen molar-refractivity contribution in [2.45, 2.75) is 70.4 Å². The van der Waals surface area contributed by atoms with Crippen molar-refractivity contribution < 1.29 is 40.3 Å². The number of hydrogen-bond donors (Lipinski definition) is 0. The van der Waals surface area contributed by atoms with Crippen LogP contribution in [0.4, 0.5) is 36.4 Å². The molecule has 0 aliphatic carbocycles. The Morgan fingerprint density at radius 3 is 1.98 bits per heavy atom. The molecule has 2 heterocycles. The first-order valence-corrected chi connectivity index (χ1v) is 14.1. The minimum Gasteiger partial charge on any atom is -0.313 e. The van der Waals surface area contributed by atoms with Crippen molar-refractivity contribution in [3.05, 3.63) is 82.4 Å². The molecule has 3 unspecified atom stereocenters. The van der Waals surface area contributed by atoms with Crippen LogP contribution in [0, 0.1) is 12.7 Å². The molecule has 2 aromatic carbocycles. The average molecular weight is 642 g/mol. The lowest BCUT2D eigenvalue weighted by atomic mass is 9.81. The number of nitrogens with zero attached hydrogens (tertiary/aromatic N) is 3. The fourth-order valence-corrected chi connectivity index (χ4v) is 6.23. The van der Waals surface area contributed by atoms with Crippen LogP contribution < -0.4 is 4.90 Å². The molecule has 1 aromatic heterocycles. The van der Waals surface area contributed by atoms with Crippen molar-refractivity contribution in [1.29, 1.82) is 0 Å². The second-order valence-corrected chi connectivity index (χ2v) is 12.1. The smallest absolute Gasteiger partial charge is 0.313 e. The van der Waals surface area contributed by atoms with Gasteiger partial charge in [-0.3, -0.25) is 19.2 Å². The summed E-state index contributed by atoms with van der Waals surface area (Å²) < 4.78 is 97.5. The van der Waals surface area contributed by atoms with Gasteiger partial charge < -0.3 is 4.90 Å². The fourth-order valence-electron chi connectivity index (χ4n) is 5.57. The summed E-state index contributed by atoms with van der Waals surface area (Å²) >= 11 is 0. The van der Waals surface area contributed by atoms with Gasteiger partial charge in [0.25, 0.3) is 0 Å². The molecule has 5 nitrogen and oxygen atoms in total. The summed E-state index contributed by atoms with van der Waals surface area (Å²) in [6.45, 7) is 5.66. The van der Waals surface area contributed by atoms with Crippen molar-refractivity contribution in [3.63, 3.8) is 0 Å². The Kier molecular flexibility index (Phi) is 9.03. The molecule has 44 heavy (non-hydrogen) atoms. The third-order valence-corrected chi connectivity index (χ3v) is 8.86. The van der Waals surface area contributed by atoms with E-state index in [1.54, 1.807) is 13.0 Å². The Balaban J connectivity index is 1.83. The largest absolute Gasteiger partial charge is 0.416 e. The third-order valence-electron chi connectivity index (χ3n) is 8.14. The summed E-state index contributed by atoms with van der Waals surface area (Å²) in [5, 5.41) is 0. The van der Waals surface area contributed by atoms with Crippen molar-refractivity contribution in [3.8, 4) is 11.1 Å². The standard InChI is InChI=1S/C31H31F7N3O2P/c1-16-10-21(32)6-7-22(16)23-14-24(26-9-8-25(17(2)42)41(26)44)39-15-27(23)40(5)28(43)29(3,4)18-11-19(30(33,34)35)13-20(12-18)31(36,37)38/h6-7,10-15,25-26H,8-9,44H2,1-5H3. The number of pyridine rings is 1. The van der Waals surface area contributed by atoms with Crippen LogP contribution in [-0.2, 0) is 27.4 Å². The Labute approximate surface area is 252 Å². The molecule has 1 fully saturated rings. The number of rotatable bonds is 6. The van der Waals surface area contributed by atoms with Crippen molar-refractivity contribution in [1.82, 2.24) is 9.65 Å². The Bertz CT molecular complexity index is 1570. The number of likely N-dealkylation sites (N-methyl/N-ethyl adjacent to an activating group) is 1. The first-order chi connectivity index (χ1) is 20.2. The Morgan fingerprint density at radius 1 is 0.909 bits per heavy atom. The molecular formula is C31H31F7N3O2P. The summed E-state index contributed by atoms with van der Waals surface area (Å²) in [6, 6.07) is 6.28. The zero-order valence-electron chi connectivity index (χ0n) is 24.6. The summed E-state index contributed by atoms with van der Waals surface area (Å²) in [6.07, 6.45) is -7.56. The van der Waals surface area contributed by atoms with Gasteiger partial charge in [0, 0.05) is 12.6 Å². The zero-order valence-corrected chi connectivity index (χ0v) is 25.7. The maximum absolute atomic E-state index is 14.0. The molecule has 3 aromatic rings. The number of aryl methyl sites for hydroxylation is 1. The lowest BCUT2D eigenvalue weighted by molar-refractivity contribution is -0.143. The van der Waals surface area contributed by atoms with Crippen molar-refractivity contribution in [2.24, 2.45) is 0 Å². The van der Waals surface area contributed by atoms with Gasteiger partial charge in [0.15, 0.2) is 0 Å². The SMILES string of the molecule is CC(=O)C1CCC(c2cc(-c3ccc(F)cc3C)c(N(C)C(=O)C(C)(C)c3cc(C(F)(F)F)cc(C(F)(F)F)c3)cn2)N1P. The predicted molar refractivity (Wildman–Crippen MR) is 155 cm³/mol. The summed E-state index contributed by atoms with van der Waals surface area (Å²) in [7, 11) is 3.90. The average Bonchev–Trinajstić information content (AvgIpc) is 3.32. The highest BCUT2D eigenvalue weighted by Crippen LogP contribution is 2.43. The number of ketones is 1. The van der Waals surface area contributed by atoms with E-state index in [9.17, 15) is 40.3 Å². The quantitative estimate of drug-likeness (QED) is 0.202. The van der Waals surface area contributed by atoms with E-state index in [0.717, 1.165) is 4.90 Å². The van der Waals surface area contributed by atoms with E-state index < -0.39 is 46.2 Å². The minimum absolute atomic E-state index is 0.00967. The summed E-state index contributed by atoms with van der Waals surface area (Å²) in [5.41, 5.74) is -3.08. The number of carbonyl (C=O) groups is 2. The summed E-state index contributed by atoms with van der Waals surface area (Å²) in [4.78, 5) is 31.7. The van der Waals surface area contributed by atoms with Crippen molar-refractivity contribution in [2.75, 3.05) is 11.9 Å². The molecular weight excluding hydrogens is 610 g/mol. The van der Waals surface area contributed by atoms with Crippen LogP contribution in [0.2, 0.25) is 0 Å². The molecule has 0 bridgehead atoms. The van der Waals surface area contributed by atoms with Crippen LogP contribution in [0.15, 0.2) is 48.7 Å². The monoisotopic (exact) mass is 641 g/mol. The number of hydrogen-bond acceptors (Lipinski definition) is 4. The van der Waals surface area contributed by atoms with Crippen LogP contribution in [0.1, 0.15) is 67.6 Å². The molecule has 1 aliphatic rings. The van der Waals surface area contributed by atoms with Gasteiger partial charge in [-0.05, 0) is 93.6 Å². The van der Waals surface area contributed by atoms with Crippen LogP contribution in [-0.4, -0.2) is 34.4 Å². The maximum atomic E-state index is 14.0. The molecule has 1 saturated heterocycles. The predicted octanol–water partition coefficient (Wildman–Crippen LogP) is 8.06. The molecule has 13 heteroatoms. The van der Waals surface area contributed by atoms with Gasteiger partial charge in [0.1, 0.15) is 11.6 Å². The molecule has 0 spiro atoms. The molecule has 236 valence electrons. The number of Topliss-reactive ketones (excluding diaryl/α,β-unsaturated/α-hetero) is 1. The van der Waals surface area contributed by atoms with E-state index in [1.165, 1.54) is 52.2 Å². The topological polar surface area (TPSA) is 53.5 Å². The second-order valence-electron chi connectivity index (χ2n) is 11.5. The van der Waals surface area contributed by atoms with E-state index >= 15 is 0 Å². The number of amides is 1. The Hall–Kier alpha value is -3.37. The molecule has 0 saturated carbocycles. The number of benzene rings is 2. The fraction of sp³-hybridized carbons (Fsp3) is 0.387.